The molecule has 0 spiro atoms. The van der Waals surface area contributed by atoms with Crippen molar-refractivity contribution in [3.05, 3.63) is 40.7 Å². The second-order valence-electron chi connectivity index (χ2n) is 3.93. The Kier molecular flexibility index (Phi) is 3.40. The monoisotopic (exact) mass is 273 g/mol. The number of carbonyl (C=O) groups is 1. The highest BCUT2D eigenvalue weighted by atomic mass is 35.5. The van der Waals surface area contributed by atoms with Gasteiger partial charge in [-0.25, -0.2) is 4.39 Å². The van der Waals surface area contributed by atoms with E-state index in [0.29, 0.717) is 18.7 Å². The summed E-state index contributed by atoms with van der Waals surface area (Å²) in [5.74, 6) is -0.581. The van der Waals surface area contributed by atoms with E-state index >= 15 is 0 Å². The fraction of sp³-hybridized carbons (Fsp3) is 0.250. The van der Waals surface area contributed by atoms with Gasteiger partial charge in [-0.1, -0.05) is 29.3 Å². The van der Waals surface area contributed by atoms with Crippen LogP contribution in [0, 0.1) is 11.7 Å². The van der Waals surface area contributed by atoms with E-state index in [-0.39, 0.29) is 21.9 Å². The van der Waals surface area contributed by atoms with Crippen LogP contribution in [0.3, 0.4) is 0 Å². The molecule has 1 aliphatic heterocycles. The van der Waals surface area contributed by atoms with Crippen LogP contribution in [-0.4, -0.2) is 12.5 Å². The van der Waals surface area contributed by atoms with E-state index in [4.69, 9.17) is 23.2 Å². The molecule has 0 saturated carbocycles. The molecule has 1 heterocycles. The van der Waals surface area contributed by atoms with Crippen molar-refractivity contribution in [1.82, 2.24) is 0 Å². The molecule has 0 aromatic heterocycles. The van der Waals surface area contributed by atoms with E-state index in [1.807, 2.05) is 0 Å². The largest absolute Gasteiger partial charge is 0.312 e. The summed E-state index contributed by atoms with van der Waals surface area (Å²) < 4.78 is 13.3. The molecule has 17 heavy (non-hydrogen) atoms. The van der Waals surface area contributed by atoms with E-state index in [0.717, 1.165) is 0 Å². The number of benzene rings is 1. The lowest BCUT2D eigenvalue weighted by Gasteiger charge is -2.17. The average molecular weight is 274 g/mol. The van der Waals surface area contributed by atoms with E-state index in [1.165, 1.54) is 12.1 Å². The van der Waals surface area contributed by atoms with Crippen molar-refractivity contribution in [3.8, 4) is 0 Å². The molecule has 1 saturated heterocycles. The van der Waals surface area contributed by atoms with E-state index in [1.54, 1.807) is 11.0 Å². The minimum absolute atomic E-state index is 0.0337. The molecule has 1 unspecified atom stereocenters. The fourth-order valence-corrected chi connectivity index (χ4v) is 2.32. The second-order valence-corrected chi connectivity index (χ2v) is 4.74. The predicted octanol–water partition coefficient (Wildman–Crippen LogP) is 3.67. The van der Waals surface area contributed by atoms with Crippen molar-refractivity contribution in [2.75, 3.05) is 11.4 Å². The molecule has 1 aromatic carbocycles. The molecule has 1 aliphatic rings. The minimum atomic E-state index is -0.663. The summed E-state index contributed by atoms with van der Waals surface area (Å²) in [6.45, 7) is 4.19. The van der Waals surface area contributed by atoms with Gasteiger partial charge in [0.2, 0.25) is 5.91 Å². The Labute approximate surface area is 109 Å². The summed E-state index contributed by atoms with van der Waals surface area (Å²) in [4.78, 5) is 13.3. The number of nitrogens with zero attached hydrogens (tertiary/aromatic N) is 1. The highest BCUT2D eigenvalue weighted by Crippen LogP contribution is 2.32. The van der Waals surface area contributed by atoms with E-state index in [9.17, 15) is 9.18 Å². The highest BCUT2D eigenvalue weighted by molar-refractivity contribution is 6.35. The van der Waals surface area contributed by atoms with E-state index < -0.39 is 5.82 Å². The molecule has 90 valence electrons. The molecule has 1 amide bonds. The normalized spacial score (nSPS) is 19.8. The molecule has 1 atom stereocenters. The summed E-state index contributed by atoms with van der Waals surface area (Å²) >= 11 is 11.4. The van der Waals surface area contributed by atoms with E-state index in [2.05, 4.69) is 6.58 Å². The summed E-state index contributed by atoms with van der Waals surface area (Å²) in [5.41, 5.74) is 0.524. The standard InChI is InChI=1S/C12H10Cl2FNO/c1-2-7-3-11(17)16(6-7)8-4-9(13)12(15)10(14)5-8/h2,4-5,7H,1,3,6H2. The van der Waals surface area contributed by atoms with Gasteiger partial charge in [-0.05, 0) is 12.1 Å². The number of anilines is 1. The van der Waals surface area contributed by atoms with Gasteiger partial charge in [0.1, 0.15) is 0 Å². The average Bonchev–Trinajstić information content (AvgIpc) is 2.67. The Bertz CT molecular complexity index is 466. The number of hydrogen-bond acceptors (Lipinski definition) is 1. The Morgan fingerprint density at radius 1 is 1.41 bits per heavy atom. The van der Waals surface area contributed by atoms with Crippen LogP contribution < -0.4 is 4.90 Å². The van der Waals surface area contributed by atoms with Crippen molar-refractivity contribution < 1.29 is 9.18 Å². The summed E-state index contributed by atoms with van der Waals surface area (Å²) in [7, 11) is 0. The quantitative estimate of drug-likeness (QED) is 0.595. The van der Waals surface area contributed by atoms with Crippen molar-refractivity contribution in [1.29, 1.82) is 0 Å². The second kappa shape index (κ2) is 4.67. The molecule has 5 heteroatoms. The lowest BCUT2D eigenvalue weighted by atomic mass is 10.1. The SMILES string of the molecule is C=CC1CC(=O)N(c2cc(Cl)c(F)c(Cl)c2)C1. The lowest BCUT2D eigenvalue weighted by molar-refractivity contribution is -0.117. The zero-order valence-electron chi connectivity index (χ0n) is 8.92. The molecule has 1 aromatic rings. The highest BCUT2D eigenvalue weighted by Gasteiger charge is 2.29. The van der Waals surface area contributed by atoms with Gasteiger partial charge in [0.05, 0.1) is 10.0 Å². The van der Waals surface area contributed by atoms with Crippen LogP contribution in [-0.2, 0) is 4.79 Å². The zero-order chi connectivity index (χ0) is 12.6. The predicted molar refractivity (Wildman–Crippen MR) is 67.1 cm³/mol. The molecule has 2 nitrogen and oxygen atoms in total. The van der Waals surface area contributed by atoms with Crippen LogP contribution in [0.25, 0.3) is 0 Å². The summed E-state index contributed by atoms with van der Waals surface area (Å²) in [5, 5.41) is -0.162. The Morgan fingerprint density at radius 3 is 2.47 bits per heavy atom. The zero-order valence-corrected chi connectivity index (χ0v) is 10.4. The van der Waals surface area contributed by atoms with Gasteiger partial charge in [-0.15, -0.1) is 6.58 Å². The fourth-order valence-electron chi connectivity index (χ4n) is 1.84. The summed E-state index contributed by atoms with van der Waals surface area (Å²) in [6, 6.07) is 2.82. The van der Waals surface area contributed by atoms with Crippen molar-refractivity contribution in [2.24, 2.45) is 5.92 Å². The van der Waals surface area contributed by atoms with Gasteiger partial charge in [0, 0.05) is 24.6 Å². The number of amides is 1. The molecular formula is C12H10Cl2FNO. The molecule has 1 fully saturated rings. The maximum absolute atomic E-state index is 13.3. The van der Waals surface area contributed by atoms with Gasteiger partial charge in [-0.2, -0.15) is 0 Å². The Hall–Kier alpha value is -1.06. The van der Waals surface area contributed by atoms with Crippen molar-refractivity contribution in [2.45, 2.75) is 6.42 Å². The lowest BCUT2D eigenvalue weighted by Crippen LogP contribution is -2.24. The number of hydrogen-bond donors (Lipinski definition) is 0. The van der Waals surface area contributed by atoms with Crippen LogP contribution in [0.1, 0.15) is 6.42 Å². The van der Waals surface area contributed by atoms with Crippen LogP contribution in [0.4, 0.5) is 10.1 Å². The molecule has 0 aliphatic carbocycles. The van der Waals surface area contributed by atoms with Gasteiger partial charge in [0.15, 0.2) is 5.82 Å². The third-order valence-electron chi connectivity index (χ3n) is 2.77. The molecule has 0 radical (unpaired) electrons. The molecular weight excluding hydrogens is 264 g/mol. The van der Waals surface area contributed by atoms with Gasteiger partial charge in [-0.3, -0.25) is 4.79 Å². The summed E-state index contributed by atoms with van der Waals surface area (Å²) in [6.07, 6.45) is 2.15. The van der Waals surface area contributed by atoms with Gasteiger partial charge in [0.25, 0.3) is 0 Å². The van der Waals surface area contributed by atoms with Gasteiger partial charge >= 0.3 is 0 Å². The maximum Gasteiger partial charge on any atom is 0.227 e. The Balaban J connectivity index is 2.35. The minimum Gasteiger partial charge on any atom is -0.312 e. The van der Waals surface area contributed by atoms with Crippen molar-refractivity contribution >= 4 is 34.8 Å². The first-order valence-electron chi connectivity index (χ1n) is 5.10. The van der Waals surface area contributed by atoms with Crippen LogP contribution in [0.5, 0.6) is 0 Å². The van der Waals surface area contributed by atoms with Crippen molar-refractivity contribution in [3.63, 3.8) is 0 Å². The first kappa shape index (κ1) is 12.4. The first-order chi connectivity index (χ1) is 8.02. The van der Waals surface area contributed by atoms with Gasteiger partial charge < -0.3 is 4.90 Å². The third kappa shape index (κ3) is 2.31. The topological polar surface area (TPSA) is 20.3 Å². The first-order valence-corrected chi connectivity index (χ1v) is 5.86. The molecule has 0 bridgehead atoms. The van der Waals surface area contributed by atoms with Crippen LogP contribution in [0.15, 0.2) is 24.8 Å². The molecule has 2 rings (SSSR count). The smallest absolute Gasteiger partial charge is 0.227 e. The van der Waals surface area contributed by atoms with Crippen LogP contribution >= 0.6 is 23.2 Å². The number of carbonyl (C=O) groups excluding carboxylic acids is 1. The third-order valence-corrected chi connectivity index (χ3v) is 3.32. The number of halogens is 3. The van der Waals surface area contributed by atoms with Crippen LogP contribution in [0.2, 0.25) is 10.0 Å². The Morgan fingerprint density at radius 2 is 2.00 bits per heavy atom. The number of rotatable bonds is 2. The maximum atomic E-state index is 13.3. The molecule has 0 N–H and O–H groups in total.